The van der Waals surface area contributed by atoms with Crippen molar-refractivity contribution in [2.75, 3.05) is 0 Å². The minimum atomic E-state index is -0.961. The first-order valence-electron chi connectivity index (χ1n) is 7.06. The summed E-state index contributed by atoms with van der Waals surface area (Å²) in [5.74, 6) is -2.28. The van der Waals surface area contributed by atoms with Gasteiger partial charge in [-0.3, -0.25) is 0 Å². The Morgan fingerprint density at radius 3 is 2.52 bits per heavy atom. The van der Waals surface area contributed by atoms with Crippen molar-refractivity contribution in [3.05, 3.63) is 45.5 Å². The van der Waals surface area contributed by atoms with Gasteiger partial charge in [-0.1, -0.05) is 10.3 Å². The third-order valence-electron chi connectivity index (χ3n) is 3.74. The summed E-state index contributed by atoms with van der Waals surface area (Å²) in [4.78, 5) is 0.361. The molecule has 0 spiro atoms. The molecule has 1 aromatic carbocycles. The molecule has 3 rings (SSSR count). The average Bonchev–Trinajstić information content (AvgIpc) is 3.13. The molecule has 25 heavy (non-hydrogen) atoms. The number of hydrogen-bond acceptors (Lipinski definition) is 6. The summed E-state index contributed by atoms with van der Waals surface area (Å²) in [6.45, 7) is 3.36. The van der Waals surface area contributed by atoms with Crippen LogP contribution in [0.4, 0.5) is 8.78 Å². The van der Waals surface area contributed by atoms with Crippen molar-refractivity contribution in [3.63, 3.8) is 0 Å². The number of amidine groups is 1. The van der Waals surface area contributed by atoms with Crippen molar-refractivity contribution in [2.45, 2.75) is 13.8 Å². The van der Waals surface area contributed by atoms with Crippen molar-refractivity contribution in [2.24, 2.45) is 10.9 Å². The fourth-order valence-electron chi connectivity index (χ4n) is 2.62. The molecule has 0 radical (unpaired) electrons. The van der Waals surface area contributed by atoms with Crippen molar-refractivity contribution < 1.29 is 23.6 Å². The van der Waals surface area contributed by atoms with Crippen molar-refractivity contribution in [1.29, 1.82) is 0 Å². The molecule has 4 N–H and O–H groups in total. The van der Waals surface area contributed by atoms with E-state index < -0.39 is 17.4 Å². The van der Waals surface area contributed by atoms with Gasteiger partial charge in [0.25, 0.3) is 0 Å². The highest BCUT2D eigenvalue weighted by Crippen LogP contribution is 2.43. The van der Waals surface area contributed by atoms with Crippen LogP contribution in [-0.4, -0.2) is 21.3 Å². The predicted molar refractivity (Wildman–Crippen MR) is 88.8 cm³/mol. The first-order chi connectivity index (χ1) is 11.8. The summed E-state index contributed by atoms with van der Waals surface area (Å²) < 4.78 is 33.3. The largest absolute Gasteiger partial charge is 0.505 e. The van der Waals surface area contributed by atoms with E-state index in [0.717, 1.165) is 17.4 Å². The van der Waals surface area contributed by atoms with Crippen LogP contribution in [0.25, 0.3) is 22.3 Å². The second-order valence-corrected chi connectivity index (χ2v) is 6.20. The van der Waals surface area contributed by atoms with Crippen LogP contribution in [0, 0.1) is 25.5 Å². The number of halogens is 2. The lowest BCUT2D eigenvalue weighted by molar-refractivity contribution is 0.319. The highest BCUT2D eigenvalue weighted by molar-refractivity contribution is 7.13. The SMILES string of the molecule is Cc1noc(C)c1-c1c(-c2cc(F)c(O)cc2F)csc1/C(N)=N/O. The summed E-state index contributed by atoms with van der Waals surface area (Å²) in [6, 6.07) is 1.59. The Morgan fingerprint density at radius 2 is 1.92 bits per heavy atom. The molecule has 130 valence electrons. The van der Waals surface area contributed by atoms with E-state index in [1.165, 1.54) is 0 Å². The van der Waals surface area contributed by atoms with Gasteiger partial charge in [-0.25, -0.2) is 8.78 Å². The van der Waals surface area contributed by atoms with Gasteiger partial charge in [0.2, 0.25) is 0 Å². The molecule has 0 saturated heterocycles. The molecule has 0 fully saturated rings. The molecule has 0 bridgehead atoms. The molecular formula is C16H13F2N3O3S. The quantitative estimate of drug-likeness (QED) is 0.284. The third kappa shape index (κ3) is 2.72. The van der Waals surface area contributed by atoms with Gasteiger partial charge in [-0.05, 0) is 19.9 Å². The van der Waals surface area contributed by atoms with Gasteiger partial charge in [0.1, 0.15) is 11.6 Å². The van der Waals surface area contributed by atoms with Crippen LogP contribution in [0.1, 0.15) is 16.3 Å². The van der Waals surface area contributed by atoms with Gasteiger partial charge >= 0.3 is 0 Å². The van der Waals surface area contributed by atoms with Gasteiger partial charge in [0.05, 0.1) is 10.6 Å². The normalized spacial score (nSPS) is 11.9. The van der Waals surface area contributed by atoms with E-state index in [9.17, 15) is 13.9 Å². The van der Waals surface area contributed by atoms with Gasteiger partial charge < -0.3 is 20.6 Å². The minimum Gasteiger partial charge on any atom is -0.505 e. The number of nitrogens with zero attached hydrogens (tertiary/aromatic N) is 2. The van der Waals surface area contributed by atoms with Crippen LogP contribution in [0.2, 0.25) is 0 Å². The number of aromatic nitrogens is 1. The van der Waals surface area contributed by atoms with E-state index in [1.54, 1.807) is 19.2 Å². The molecule has 2 heterocycles. The van der Waals surface area contributed by atoms with Crippen molar-refractivity contribution in [1.82, 2.24) is 5.16 Å². The summed E-state index contributed by atoms with van der Waals surface area (Å²) >= 11 is 1.10. The molecule has 9 heteroatoms. The Bertz CT molecular complexity index is 975. The Morgan fingerprint density at radius 1 is 1.20 bits per heavy atom. The number of nitrogens with two attached hydrogens (primary N) is 1. The second-order valence-electron chi connectivity index (χ2n) is 5.32. The van der Waals surface area contributed by atoms with Crippen LogP contribution >= 0.6 is 11.3 Å². The molecule has 3 aromatic rings. The molecule has 0 unspecified atom stereocenters. The number of aryl methyl sites for hydroxylation is 2. The molecule has 0 aliphatic carbocycles. The third-order valence-corrected chi connectivity index (χ3v) is 4.74. The lowest BCUT2D eigenvalue weighted by atomic mass is 9.95. The van der Waals surface area contributed by atoms with E-state index >= 15 is 0 Å². The Kier molecular flexibility index (Phi) is 4.17. The maximum atomic E-state index is 14.4. The molecule has 0 atom stereocenters. The van der Waals surface area contributed by atoms with E-state index in [1.807, 2.05) is 0 Å². The second kappa shape index (κ2) is 6.17. The Hall–Kier alpha value is -2.94. The van der Waals surface area contributed by atoms with Gasteiger partial charge in [0.15, 0.2) is 17.4 Å². The predicted octanol–water partition coefficient (Wildman–Crippen LogP) is 3.77. The summed E-state index contributed by atoms with van der Waals surface area (Å²) in [6.07, 6.45) is 0. The molecule has 0 aliphatic rings. The van der Waals surface area contributed by atoms with E-state index in [4.69, 9.17) is 15.5 Å². The standard InChI is InChI=1S/C16H13F2N3O3S/c1-6-13(7(2)24-21-6)14-9(5-25-15(14)16(19)20-23)8-3-11(18)12(22)4-10(8)17/h3-5,22-23H,1-2H3,(H2,19,20). The van der Waals surface area contributed by atoms with Gasteiger partial charge in [-0.15, -0.1) is 11.3 Å². The number of rotatable bonds is 3. The smallest absolute Gasteiger partial charge is 0.180 e. The number of oxime groups is 1. The fourth-order valence-corrected chi connectivity index (χ4v) is 3.59. The molecule has 6 nitrogen and oxygen atoms in total. The highest BCUT2D eigenvalue weighted by atomic mass is 32.1. The fraction of sp³-hybridized carbons (Fsp3) is 0.125. The summed E-state index contributed by atoms with van der Waals surface area (Å²) in [7, 11) is 0. The van der Waals surface area contributed by atoms with E-state index in [2.05, 4.69) is 10.3 Å². The highest BCUT2D eigenvalue weighted by Gasteiger charge is 2.25. The van der Waals surface area contributed by atoms with Gasteiger partial charge in [-0.2, -0.15) is 0 Å². The monoisotopic (exact) mass is 365 g/mol. The van der Waals surface area contributed by atoms with Crippen LogP contribution in [0.15, 0.2) is 27.2 Å². The number of thiophene rings is 1. The first-order valence-corrected chi connectivity index (χ1v) is 7.94. The minimum absolute atomic E-state index is 0.0708. The zero-order chi connectivity index (χ0) is 18.3. The molecule has 0 amide bonds. The van der Waals surface area contributed by atoms with Crippen molar-refractivity contribution >= 4 is 17.2 Å². The Labute approximate surface area is 144 Å². The molecular weight excluding hydrogens is 352 g/mol. The van der Waals surface area contributed by atoms with Gasteiger partial charge in [0, 0.05) is 33.7 Å². The Balaban J connectivity index is 2.37. The zero-order valence-electron chi connectivity index (χ0n) is 13.2. The number of phenols is 1. The number of benzene rings is 1. The van der Waals surface area contributed by atoms with Crippen LogP contribution in [0.3, 0.4) is 0 Å². The van der Waals surface area contributed by atoms with E-state index in [-0.39, 0.29) is 11.4 Å². The van der Waals surface area contributed by atoms with Crippen molar-refractivity contribution in [3.8, 4) is 28.0 Å². The molecule has 0 saturated carbocycles. The van der Waals surface area contributed by atoms with Crippen LogP contribution in [0.5, 0.6) is 5.75 Å². The first kappa shape index (κ1) is 16.9. The maximum Gasteiger partial charge on any atom is 0.180 e. The van der Waals surface area contributed by atoms with Crippen LogP contribution in [-0.2, 0) is 0 Å². The lowest BCUT2D eigenvalue weighted by Crippen LogP contribution is -2.12. The summed E-state index contributed by atoms with van der Waals surface area (Å²) in [5.41, 5.74) is 7.46. The number of hydrogen-bond donors (Lipinski definition) is 3. The zero-order valence-corrected chi connectivity index (χ0v) is 14.0. The lowest BCUT2D eigenvalue weighted by Gasteiger charge is -2.09. The van der Waals surface area contributed by atoms with Crippen LogP contribution < -0.4 is 5.73 Å². The molecule has 0 aliphatic heterocycles. The maximum absolute atomic E-state index is 14.4. The molecule has 2 aromatic heterocycles. The van der Waals surface area contributed by atoms with E-state index in [0.29, 0.717) is 39.1 Å². The summed E-state index contributed by atoms with van der Waals surface area (Å²) in [5, 5.41) is 26.8. The topological polar surface area (TPSA) is 105 Å². The average molecular weight is 365 g/mol. The number of aromatic hydroxyl groups is 1. The number of phenolic OH excluding ortho intramolecular Hbond substituents is 1.